The minimum atomic E-state index is 0.404. The molecule has 116 valence electrons. The van der Waals surface area contributed by atoms with Crippen LogP contribution in [0, 0.1) is 16.7 Å². The first kappa shape index (κ1) is 14.8. The van der Waals surface area contributed by atoms with Crippen LogP contribution in [0.2, 0.25) is 0 Å². The fraction of sp³-hybridized carbons (Fsp3) is 1.00. The summed E-state index contributed by atoms with van der Waals surface area (Å²) < 4.78 is 13.0. The van der Waals surface area contributed by atoms with E-state index in [1.165, 1.54) is 19.3 Å². The maximum absolute atomic E-state index is 6.39. The minimum Gasteiger partial charge on any atom is -0.372 e. The van der Waals surface area contributed by atoms with Crippen molar-refractivity contribution in [2.24, 2.45) is 16.7 Å². The van der Waals surface area contributed by atoms with Crippen molar-refractivity contribution in [1.29, 1.82) is 0 Å². The molecule has 3 rings (SSSR count). The molecule has 1 heterocycles. The molecule has 0 unspecified atom stereocenters. The molecule has 1 saturated heterocycles. The van der Waals surface area contributed by atoms with Gasteiger partial charge in [0.25, 0.3) is 0 Å². The van der Waals surface area contributed by atoms with Crippen LogP contribution in [0.4, 0.5) is 0 Å². The van der Waals surface area contributed by atoms with Crippen LogP contribution in [0.25, 0.3) is 0 Å². The summed E-state index contributed by atoms with van der Waals surface area (Å²) in [4.78, 5) is 0. The smallest absolute Gasteiger partial charge is 0.102 e. The van der Waals surface area contributed by atoms with E-state index in [1.54, 1.807) is 0 Å². The molecule has 20 heavy (non-hydrogen) atoms. The summed E-state index contributed by atoms with van der Waals surface area (Å²) in [7, 11) is 2.35. The van der Waals surface area contributed by atoms with Gasteiger partial charge in [0.15, 0.2) is 0 Å². The Morgan fingerprint density at radius 1 is 1.20 bits per heavy atom. The average molecular weight is 282 g/mol. The van der Waals surface area contributed by atoms with Crippen molar-refractivity contribution in [3.05, 3.63) is 0 Å². The molecule has 3 heteroatoms. The monoisotopic (exact) mass is 282 g/mol. The van der Waals surface area contributed by atoms with Crippen LogP contribution in [0.3, 0.4) is 0 Å². The second kappa shape index (κ2) is 4.96. The Morgan fingerprint density at radius 2 is 1.90 bits per heavy atom. The highest BCUT2D eigenvalue weighted by atomic mass is 16.5. The van der Waals surface area contributed by atoms with E-state index >= 15 is 0 Å². The summed E-state index contributed by atoms with van der Waals surface area (Å²) >= 11 is 0. The van der Waals surface area contributed by atoms with Crippen molar-refractivity contribution in [3.63, 3.8) is 0 Å². The molecule has 2 saturated carbocycles. The third-order valence-electron chi connectivity index (χ3n) is 7.22. The van der Waals surface area contributed by atoms with E-state index in [-0.39, 0.29) is 0 Å². The van der Waals surface area contributed by atoms with Crippen molar-refractivity contribution >= 4 is 0 Å². The van der Waals surface area contributed by atoms with Gasteiger partial charge in [-0.15, -0.1) is 0 Å². The van der Waals surface area contributed by atoms with E-state index in [1.807, 2.05) is 0 Å². The van der Waals surface area contributed by atoms with Gasteiger partial charge in [0.05, 0.1) is 33.0 Å². The van der Waals surface area contributed by atoms with Gasteiger partial charge in [-0.05, 0) is 36.0 Å². The summed E-state index contributed by atoms with van der Waals surface area (Å²) in [5.41, 5.74) is 0.871. The zero-order valence-corrected chi connectivity index (χ0v) is 13.8. The quantitative estimate of drug-likeness (QED) is 0.738. The van der Waals surface area contributed by atoms with Crippen molar-refractivity contribution in [1.82, 2.24) is 0 Å². The highest BCUT2D eigenvalue weighted by Crippen LogP contribution is 2.66. The van der Waals surface area contributed by atoms with Crippen molar-refractivity contribution in [3.8, 4) is 0 Å². The fourth-order valence-electron chi connectivity index (χ4n) is 4.80. The fourth-order valence-corrected chi connectivity index (χ4v) is 4.80. The highest BCUT2D eigenvalue weighted by molar-refractivity contribution is 5.11. The number of quaternary nitrogens is 1. The maximum atomic E-state index is 6.39. The van der Waals surface area contributed by atoms with Crippen LogP contribution in [-0.2, 0) is 9.47 Å². The largest absolute Gasteiger partial charge is 0.372 e. The van der Waals surface area contributed by atoms with E-state index in [0.717, 1.165) is 49.9 Å². The zero-order valence-electron chi connectivity index (χ0n) is 13.8. The van der Waals surface area contributed by atoms with Crippen LogP contribution in [0.1, 0.15) is 40.0 Å². The number of rotatable bonds is 4. The summed E-state index contributed by atoms with van der Waals surface area (Å²) in [6.07, 6.45) is 4.55. The molecule has 2 aliphatic carbocycles. The number of nitrogens with zero attached hydrogens (tertiary/aromatic N) is 1. The Morgan fingerprint density at radius 3 is 2.45 bits per heavy atom. The summed E-state index contributed by atoms with van der Waals surface area (Å²) in [5, 5.41) is 0. The van der Waals surface area contributed by atoms with E-state index in [2.05, 4.69) is 27.8 Å². The number of hydrogen-bond acceptors (Lipinski definition) is 2. The van der Waals surface area contributed by atoms with Gasteiger partial charge in [-0.3, -0.25) is 0 Å². The van der Waals surface area contributed by atoms with Gasteiger partial charge in [-0.25, -0.2) is 0 Å². The molecule has 3 nitrogen and oxygen atoms in total. The molecule has 1 aliphatic heterocycles. The lowest BCUT2D eigenvalue weighted by Crippen LogP contribution is -2.53. The number of ether oxygens (including phenoxy) is 2. The standard InChI is InChI=1S/C17H32NO2/c1-16(2)14-5-6-17(16,3)15(13-14)20-12-9-18(4)7-10-19-11-8-18/h14-15H,5-13H2,1-4H3/q+1/t14-,15-,17-/m1/s1. The third kappa shape index (κ3) is 2.22. The molecular weight excluding hydrogens is 250 g/mol. The Labute approximate surface area is 124 Å². The average Bonchev–Trinajstić information content (AvgIpc) is 2.72. The summed E-state index contributed by atoms with van der Waals surface area (Å²) in [5.74, 6) is 0.880. The second-order valence-electron chi connectivity index (χ2n) is 8.37. The van der Waals surface area contributed by atoms with Gasteiger partial charge in [-0.2, -0.15) is 0 Å². The molecule has 0 amide bonds. The molecule has 0 spiro atoms. The van der Waals surface area contributed by atoms with Crippen LogP contribution in [0.5, 0.6) is 0 Å². The van der Waals surface area contributed by atoms with Crippen LogP contribution < -0.4 is 0 Å². The first-order valence-electron chi connectivity index (χ1n) is 8.40. The Kier molecular flexibility index (Phi) is 3.67. The second-order valence-corrected chi connectivity index (χ2v) is 8.37. The predicted molar refractivity (Wildman–Crippen MR) is 80.6 cm³/mol. The molecule has 3 atom stereocenters. The summed E-state index contributed by atoms with van der Waals surface area (Å²) in [6, 6.07) is 0. The lowest BCUT2D eigenvalue weighted by atomic mass is 9.70. The Balaban J connectivity index is 1.53. The van der Waals surface area contributed by atoms with E-state index in [9.17, 15) is 0 Å². The lowest BCUT2D eigenvalue weighted by Gasteiger charge is -2.40. The molecule has 2 bridgehead atoms. The first-order valence-corrected chi connectivity index (χ1v) is 8.40. The van der Waals surface area contributed by atoms with Crippen LogP contribution in [0.15, 0.2) is 0 Å². The van der Waals surface area contributed by atoms with Crippen molar-refractivity contribution in [2.45, 2.75) is 46.1 Å². The van der Waals surface area contributed by atoms with Crippen LogP contribution in [-0.4, -0.2) is 57.1 Å². The lowest BCUT2D eigenvalue weighted by molar-refractivity contribution is -0.917. The molecule has 3 aliphatic rings. The molecule has 0 aromatic rings. The third-order valence-corrected chi connectivity index (χ3v) is 7.22. The number of fused-ring (bicyclic) bond motifs is 2. The van der Waals surface area contributed by atoms with Crippen LogP contribution >= 0.6 is 0 Å². The van der Waals surface area contributed by atoms with Crippen molar-refractivity contribution < 1.29 is 14.0 Å². The maximum Gasteiger partial charge on any atom is 0.102 e. The SMILES string of the molecule is CC1(C)[C@@H]2CC[C@]1(C)[C@H](OCC[N+]1(C)CCOCC1)C2. The van der Waals surface area contributed by atoms with Gasteiger partial charge < -0.3 is 14.0 Å². The van der Waals surface area contributed by atoms with Gasteiger partial charge in [0.2, 0.25) is 0 Å². The molecular formula is C17H32NO2+. The molecule has 0 aromatic carbocycles. The molecule has 0 N–H and O–H groups in total. The van der Waals surface area contributed by atoms with E-state index < -0.39 is 0 Å². The normalized spacial score (nSPS) is 42.0. The van der Waals surface area contributed by atoms with Gasteiger partial charge >= 0.3 is 0 Å². The molecule has 0 aromatic heterocycles. The van der Waals surface area contributed by atoms with Gasteiger partial charge in [0.1, 0.15) is 19.6 Å². The Bertz CT molecular complexity index is 362. The summed E-state index contributed by atoms with van der Waals surface area (Å²) in [6.45, 7) is 13.5. The number of hydrogen-bond donors (Lipinski definition) is 0. The molecule has 0 radical (unpaired) electrons. The zero-order chi connectivity index (χ0) is 14.4. The van der Waals surface area contributed by atoms with E-state index in [0.29, 0.717) is 16.9 Å². The van der Waals surface area contributed by atoms with E-state index in [4.69, 9.17) is 9.47 Å². The minimum absolute atomic E-state index is 0.404. The van der Waals surface area contributed by atoms with Gasteiger partial charge in [-0.1, -0.05) is 20.8 Å². The topological polar surface area (TPSA) is 18.5 Å². The number of likely N-dealkylation sites (N-methyl/N-ethyl adjacent to an activating group) is 1. The number of morpholine rings is 1. The van der Waals surface area contributed by atoms with Crippen molar-refractivity contribution in [2.75, 3.05) is 46.5 Å². The van der Waals surface area contributed by atoms with Gasteiger partial charge in [0, 0.05) is 0 Å². The predicted octanol–water partition coefficient (Wildman–Crippen LogP) is 2.69. The highest BCUT2D eigenvalue weighted by Gasteiger charge is 2.61. The Hall–Kier alpha value is -0.120. The first-order chi connectivity index (χ1) is 9.37. The molecule has 3 fully saturated rings.